The molecule has 0 aliphatic rings. The number of fused-ring (bicyclic) bond motifs is 1. The van der Waals surface area contributed by atoms with E-state index in [1.54, 1.807) is 6.92 Å². The van der Waals surface area contributed by atoms with Crippen molar-refractivity contribution in [2.24, 2.45) is 7.05 Å². The Hall–Kier alpha value is -2.34. The summed E-state index contributed by atoms with van der Waals surface area (Å²) < 4.78 is 70.2. The number of nitrogens with zero attached hydrogens (tertiary/aromatic N) is 1. The van der Waals surface area contributed by atoms with Gasteiger partial charge in [-0.2, -0.15) is 0 Å². The zero-order chi connectivity index (χ0) is 21.3. The minimum atomic E-state index is -4.87. The van der Waals surface area contributed by atoms with Gasteiger partial charge in [0.25, 0.3) is 0 Å². The molecule has 13 heteroatoms. The van der Waals surface area contributed by atoms with Crippen molar-refractivity contribution in [3.05, 3.63) is 36.0 Å². The van der Waals surface area contributed by atoms with Gasteiger partial charge < -0.3 is 28.4 Å². The monoisotopic (exact) mass is 446 g/mol. The molecule has 0 aliphatic carbocycles. The van der Waals surface area contributed by atoms with Crippen molar-refractivity contribution in [2.75, 3.05) is 0 Å². The first-order chi connectivity index (χ1) is 12.3. The number of hydrogen-bond acceptors (Lipinski definition) is 5. The molecule has 0 atom stereocenters. The average Bonchev–Trinajstić information content (AvgIpc) is 2.84. The summed E-state index contributed by atoms with van der Waals surface area (Å²) in [6.45, 7) is 2.04. The van der Waals surface area contributed by atoms with Gasteiger partial charge in [0.2, 0.25) is 0 Å². The smallest absolute Gasteiger partial charge is 0.576 e. The maximum atomic E-state index is 11.2. The van der Waals surface area contributed by atoms with E-state index in [2.05, 4.69) is 15.5 Å². The third kappa shape index (κ3) is 11.4. The molecule has 2 aromatic rings. The molecule has 0 N–H and O–H groups in total. The molecule has 0 saturated heterocycles. The summed E-state index contributed by atoms with van der Waals surface area (Å²) in [4.78, 5) is 28.7. The minimum Gasteiger partial charge on any atom is -0.576 e. The number of ketones is 1. The fourth-order valence-electron chi connectivity index (χ4n) is 1.63. The van der Waals surface area contributed by atoms with Gasteiger partial charge in [0.05, 0.1) is 0 Å². The Labute approximate surface area is 169 Å². The molecule has 151 valence electrons. The molecular formula is C15H10F6NO5Ti. The molecule has 0 bridgehead atoms. The number of hydrogen-bond donors (Lipinski definition) is 0. The summed E-state index contributed by atoms with van der Waals surface area (Å²) in [6.07, 6.45) is -7.90. The molecule has 6 nitrogen and oxygen atoms in total. The van der Waals surface area contributed by atoms with Crippen molar-refractivity contribution in [1.82, 2.24) is 4.57 Å². The Morgan fingerprint density at radius 2 is 1.54 bits per heavy atom. The molecule has 0 aliphatic heterocycles. The number of benzene rings is 1. The van der Waals surface area contributed by atoms with E-state index < -0.39 is 12.7 Å². The molecule has 0 saturated carbocycles. The molecule has 0 spiro atoms. The minimum absolute atomic E-state index is 0. The van der Waals surface area contributed by atoms with E-state index in [1.807, 2.05) is 36.0 Å². The second-order valence-electron chi connectivity index (χ2n) is 4.40. The number of alkyl halides is 6. The van der Waals surface area contributed by atoms with Crippen LogP contribution in [0.3, 0.4) is 0 Å². The first kappa shape index (κ1) is 27.9. The maximum absolute atomic E-state index is 11.2. The first-order valence-electron chi connectivity index (χ1n) is 6.52. The molecule has 1 heterocycles. The largest absolute Gasteiger partial charge is 3.00 e. The Morgan fingerprint density at radius 1 is 1.07 bits per heavy atom. The van der Waals surface area contributed by atoms with Crippen LogP contribution >= 0.6 is 0 Å². The van der Waals surface area contributed by atoms with Gasteiger partial charge in [-0.3, -0.25) is 0 Å². The molecular weight excluding hydrogens is 436 g/mol. The average molecular weight is 446 g/mol. The van der Waals surface area contributed by atoms with Crippen LogP contribution in [0.2, 0.25) is 0 Å². The van der Waals surface area contributed by atoms with Crippen LogP contribution in [0.4, 0.5) is 26.3 Å². The number of carbonyl (C=O) groups excluding carboxylic acids is 3. The van der Waals surface area contributed by atoms with Gasteiger partial charge in [0.15, 0.2) is 0 Å². The van der Waals surface area contributed by atoms with Gasteiger partial charge in [-0.1, -0.05) is 12.9 Å². The van der Waals surface area contributed by atoms with Crippen molar-refractivity contribution in [2.45, 2.75) is 19.6 Å². The topological polar surface area (TPSA) is 74.6 Å². The first-order valence-corrected chi connectivity index (χ1v) is 6.52. The van der Waals surface area contributed by atoms with Crippen LogP contribution in [0, 0.1) is 6.07 Å². The second-order valence-corrected chi connectivity index (χ2v) is 4.40. The zero-order valence-corrected chi connectivity index (χ0v) is 15.6. The maximum Gasteiger partial charge on any atom is 3.00 e. The molecule has 28 heavy (non-hydrogen) atoms. The van der Waals surface area contributed by atoms with Crippen LogP contribution in [0.25, 0.3) is 10.9 Å². The normalized spacial score (nSPS) is 10.3. The number of ether oxygens (including phenoxy) is 2. The summed E-state index contributed by atoms with van der Waals surface area (Å²) in [6, 6.07) is 8.82. The van der Waals surface area contributed by atoms with Crippen molar-refractivity contribution < 1.29 is 71.9 Å². The van der Waals surface area contributed by atoms with Crippen molar-refractivity contribution in [1.29, 1.82) is 0 Å². The number of aryl methyl sites for hydroxylation is 1. The predicted octanol–water partition coefficient (Wildman–Crippen LogP) is 3.36. The number of aromatic nitrogens is 1. The van der Waals surface area contributed by atoms with E-state index in [4.69, 9.17) is 9.59 Å². The fourth-order valence-corrected chi connectivity index (χ4v) is 1.63. The van der Waals surface area contributed by atoms with Gasteiger partial charge in [-0.25, -0.2) is 0 Å². The zero-order valence-electron chi connectivity index (χ0n) is 14.1. The second kappa shape index (κ2) is 12.2. The summed E-state index contributed by atoms with van der Waals surface area (Å²) in [5.41, 5.74) is 1.80. The van der Waals surface area contributed by atoms with Crippen LogP contribution in [-0.2, 0) is 47.8 Å². The third-order valence-electron chi connectivity index (χ3n) is 2.50. The Bertz CT molecular complexity index is 752. The summed E-state index contributed by atoms with van der Waals surface area (Å²) in [5, 5.41) is 0.914. The van der Waals surface area contributed by atoms with E-state index in [0.717, 1.165) is 16.5 Å². The molecule has 2 rings (SSSR count). The Kier molecular flexibility index (Phi) is 12.1. The summed E-state index contributed by atoms with van der Waals surface area (Å²) >= 11 is 0. The van der Waals surface area contributed by atoms with E-state index >= 15 is 0 Å². The van der Waals surface area contributed by atoms with Gasteiger partial charge in [-0.05, 0) is 24.2 Å². The van der Waals surface area contributed by atoms with Crippen LogP contribution in [0.1, 0.15) is 17.3 Å². The van der Waals surface area contributed by atoms with E-state index in [9.17, 15) is 31.1 Å². The molecule has 1 radical (unpaired) electrons. The SMILES string of the molecule is CC(=O)c1cn(C)c2ccc[c-]c12.O=[C-]OC(F)(F)F.O=[C-]OC(F)(F)F.[Ti+3]. The van der Waals surface area contributed by atoms with Crippen LogP contribution < -0.4 is 0 Å². The van der Waals surface area contributed by atoms with Crippen molar-refractivity contribution in [3.63, 3.8) is 0 Å². The third-order valence-corrected chi connectivity index (χ3v) is 2.50. The van der Waals surface area contributed by atoms with Crippen LogP contribution in [0.5, 0.6) is 0 Å². The predicted molar refractivity (Wildman–Crippen MR) is 77.4 cm³/mol. The van der Waals surface area contributed by atoms with E-state index in [0.29, 0.717) is 0 Å². The van der Waals surface area contributed by atoms with Crippen LogP contribution in [-0.4, -0.2) is 36.0 Å². The van der Waals surface area contributed by atoms with Crippen molar-refractivity contribution >= 4 is 29.6 Å². The van der Waals surface area contributed by atoms with Crippen molar-refractivity contribution in [3.8, 4) is 0 Å². The van der Waals surface area contributed by atoms with Gasteiger partial charge in [-0.15, -0.1) is 56.0 Å². The number of rotatable bonds is 3. The van der Waals surface area contributed by atoms with E-state index in [-0.39, 0.29) is 40.4 Å². The molecule has 1 aromatic carbocycles. The summed E-state index contributed by atoms with van der Waals surface area (Å²) in [5.74, 6) is 0.0908. The number of halogens is 6. The van der Waals surface area contributed by atoms with E-state index in [1.165, 1.54) is 0 Å². The van der Waals surface area contributed by atoms with Gasteiger partial charge in [0.1, 0.15) is 5.78 Å². The molecule has 0 amide bonds. The molecule has 1 aromatic heterocycles. The standard InChI is InChI=1S/C11H10NO.2C2F3O2.Ti/c1-8(13)10-7-12(2)11-6-4-3-5-9(10)11;2*3-2(4,5)7-1-6;/h3-4,6-7H,1-2H3;;;/q3*-1;+3. The Balaban J connectivity index is 0. The van der Waals surface area contributed by atoms with Gasteiger partial charge >= 0.3 is 34.4 Å². The fraction of sp³-hybridized carbons (Fsp3) is 0.267. The molecule has 0 fully saturated rings. The van der Waals surface area contributed by atoms with Gasteiger partial charge in [0, 0.05) is 7.05 Å². The molecule has 0 unspecified atom stereocenters. The summed E-state index contributed by atoms with van der Waals surface area (Å²) in [7, 11) is 1.93. The quantitative estimate of drug-likeness (QED) is 0.313. The van der Waals surface area contributed by atoms with Crippen LogP contribution in [0.15, 0.2) is 24.4 Å². The number of carbonyl (C=O) groups is 1. The Morgan fingerprint density at radius 3 is 1.86 bits per heavy atom. The number of Topliss-reactive ketones (excluding diaryl/α,β-unsaturated/α-hetero) is 1.